The fourth-order valence-corrected chi connectivity index (χ4v) is 3.08. The quantitative estimate of drug-likeness (QED) is 0.855. The maximum absolute atomic E-state index is 12.8. The van der Waals surface area contributed by atoms with E-state index in [1.165, 1.54) is 5.56 Å². The van der Waals surface area contributed by atoms with Crippen molar-refractivity contribution in [1.82, 2.24) is 4.90 Å². The summed E-state index contributed by atoms with van der Waals surface area (Å²) in [5.74, 6) is -0.0404. The molecule has 0 bridgehead atoms. The van der Waals surface area contributed by atoms with E-state index >= 15 is 0 Å². The molecule has 4 heteroatoms. The van der Waals surface area contributed by atoms with Crippen molar-refractivity contribution < 1.29 is 4.79 Å². The molecule has 1 heterocycles. The fraction of sp³-hybridized carbons (Fsp3) is 0.235. The summed E-state index contributed by atoms with van der Waals surface area (Å²) in [5.41, 5.74) is 7.98. The van der Waals surface area contributed by atoms with Crippen LogP contribution in [0.15, 0.2) is 48.5 Å². The molecular weight excluding hydrogens is 284 g/mol. The normalized spacial score (nSPS) is 18.0. The summed E-state index contributed by atoms with van der Waals surface area (Å²) in [6, 6.07) is 15.5. The van der Waals surface area contributed by atoms with Gasteiger partial charge < -0.3 is 10.6 Å². The highest BCUT2D eigenvalue weighted by atomic mass is 35.5. The van der Waals surface area contributed by atoms with E-state index in [-0.39, 0.29) is 11.9 Å². The first-order valence-corrected chi connectivity index (χ1v) is 7.46. The van der Waals surface area contributed by atoms with Crippen molar-refractivity contribution in [2.75, 3.05) is 12.3 Å². The number of hydrogen-bond acceptors (Lipinski definition) is 2. The molecule has 0 saturated carbocycles. The molecule has 3 rings (SSSR count). The van der Waals surface area contributed by atoms with Crippen LogP contribution >= 0.6 is 11.6 Å². The fourth-order valence-electron chi connectivity index (χ4n) is 2.91. The van der Waals surface area contributed by atoms with E-state index in [4.69, 9.17) is 17.3 Å². The Labute approximate surface area is 129 Å². The molecule has 2 aromatic rings. The Balaban J connectivity index is 1.92. The van der Waals surface area contributed by atoms with Crippen LogP contribution in [0.3, 0.4) is 0 Å². The van der Waals surface area contributed by atoms with Crippen LogP contribution in [0, 0.1) is 0 Å². The number of nitrogens with zero attached hydrogens (tertiary/aromatic N) is 1. The summed E-state index contributed by atoms with van der Waals surface area (Å²) in [5, 5.41) is 0.427. The van der Waals surface area contributed by atoms with E-state index < -0.39 is 0 Å². The van der Waals surface area contributed by atoms with Gasteiger partial charge in [-0.15, -0.1) is 0 Å². The second kappa shape index (κ2) is 5.78. The SMILES string of the molecule is Nc1c(Cl)cccc1C(=O)N1CCCC1c1ccccc1. The van der Waals surface area contributed by atoms with Gasteiger partial charge in [0.2, 0.25) is 0 Å². The Morgan fingerprint density at radius 2 is 1.90 bits per heavy atom. The number of hydrogen-bond donors (Lipinski definition) is 1. The molecule has 0 spiro atoms. The van der Waals surface area contributed by atoms with E-state index in [0.717, 1.165) is 19.4 Å². The van der Waals surface area contributed by atoms with E-state index in [2.05, 4.69) is 12.1 Å². The number of benzene rings is 2. The van der Waals surface area contributed by atoms with Crippen molar-refractivity contribution in [2.24, 2.45) is 0 Å². The lowest BCUT2D eigenvalue weighted by atomic mass is 10.0. The van der Waals surface area contributed by atoms with Gasteiger partial charge in [0, 0.05) is 6.54 Å². The number of carbonyl (C=O) groups is 1. The number of amides is 1. The monoisotopic (exact) mass is 300 g/mol. The minimum absolute atomic E-state index is 0.0404. The van der Waals surface area contributed by atoms with Crippen LogP contribution < -0.4 is 5.73 Å². The van der Waals surface area contributed by atoms with Gasteiger partial charge >= 0.3 is 0 Å². The van der Waals surface area contributed by atoms with Crippen molar-refractivity contribution in [3.05, 3.63) is 64.7 Å². The number of para-hydroxylation sites is 1. The Kier molecular flexibility index (Phi) is 3.84. The third-order valence-corrected chi connectivity index (χ3v) is 4.31. The average Bonchev–Trinajstić information content (AvgIpc) is 3.00. The molecule has 21 heavy (non-hydrogen) atoms. The van der Waals surface area contributed by atoms with Crippen molar-refractivity contribution in [1.29, 1.82) is 0 Å². The van der Waals surface area contributed by atoms with Crippen LogP contribution in [0.25, 0.3) is 0 Å². The van der Waals surface area contributed by atoms with Crippen molar-refractivity contribution >= 4 is 23.2 Å². The Morgan fingerprint density at radius 1 is 1.14 bits per heavy atom. The third-order valence-electron chi connectivity index (χ3n) is 3.98. The largest absolute Gasteiger partial charge is 0.397 e. The van der Waals surface area contributed by atoms with Crippen LogP contribution in [0.1, 0.15) is 34.8 Å². The zero-order valence-electron chi connectivity index (χ0n) is 11.6. The number of carbonyl (C=O) groups excluding carboxylic acids is 1. The number of halogens is 1. The van der Waals surface area contributed by atoms with Crippen LogP contribution in [0.5, 0.6) is 0 Å². The third kappa shape index (κ3) is 2.61. The lowest BCUT2D eigenvalue weighted by Crippen LogP contribution is -2.31. The van der Waals surface area contributed by atoms with Crippen LogP contribution in [-0.2, 0) is 0 Å². The first-order valence-electron chi connectivity index (χ1n) is 7.08. The van der Waals surface area contributed by atoms with E-state index in [1.807, 2.05) is 23.1 Å². The van der Waals surface area contributed by atoms with E-state index in [0.29, 0.717) is 16.3 Å². The first-order chi connectivity index (χ1) is 10.2. The van der Waals surface area contributed by atoms with E-state index in [1.54, 1.807) is 18.2 Å². The topological polar surface area (TPSA) is 46.3 Å². The molecule has 1 atom stereocenters. The van der Waals surface area contributed by atoms with Gasteiger partial charge in [-0.05, 0) is 30.5 Å². The number of anilines is 1. The number of nitrogen functional groups attached to an aromatic ring is 1. The lowest BCUT2D eigenvalue weighted by Gasteiger charge is -2.25. The molecular formula is C17H17ClN2O. The summed E-state index contributed by atoms with van der Waals surface area (Å²) in [4.78, 5) is 14.7. The Bertz CT molecular complexity index is 657. The number of rotatable bonds is 2. The van der Waals surface area contributed by atoms with Gasteiger partial charge in [-0.25, -0.2) is 0 Å². The molecule has 2 aromatic carbocycles. The minimum Gasteiger partial charge on any atom is -0.397 e. The molecule has 1 amide bonds. The maximum atomic E-state index is 12.8. The van der Waals surface area contributed by atoms with Crippen LogP contribution in [-0.4, -0.2) is 17.4 Å². The molecule has 1 saturated heterocycles. The second-order valence-corrected chi connectivity index (χ2v) is 5.68. The Hall–Kier alpha value is -2.00. The zero-order valence-corrected chi connectivity index (χ0v) is 12.4. The Morgan fingerprint density at radius 3 is 2.67 bits per heavy atom. The molecule has 0 radical (unpaired) electrons. The average molecular weight is 301 g/mol. The van der Waals surface area contributed by atoms with Gasteiger partial charge in [0.25, 0.3) is 5.91 Å². The highest BCUT2D eigenvalue weighted by Gasteiger charge is 2.31. The predicted molar refractivity (Wildman–Crippen MR) is 85.3 cm³/mol. The lowest BCUT2D eigenvalue weighted by molar-refractivity contribution is 0.0736. The maximum Gasteiger partial charge on any atom is 0.256 e. The molecule has 108 valence electrons. The van der Waals surface area contributed by atoms with Crippen LogP contribution in [0.4, 0.5) is 5.69 Å². The van der Waals surface area contributed by atoms with Gasteiger partial charge in [-0.3, -0.25) is 4.79 Å². The van der Waals surface area contributed by atoms with Crippen molar-refractivity contribution in [3.63, 3.8) is 0 Å². The smallest absolute Gasteiger partial charge is 0.256 e. The van der Waals surface area contributed by atoms with E-state index in [9.17, 15) is 4.79 Å². The van der Waals surface area contributed by atoms with Gasteiger partial charge in [0.05, 0.1) is 22.3 Å². The van der Waals surface area contributed by atoms with Gasteiger partial charge in [-0.2, -0.15) is 0 Å². The summed E-state index contributed by atoms with van der Waals surface area (Å²) < 4.78 is 0. The molecule has 0 aromatic heterocycles. The molecule has 1 aliphatic heterocycles. The molecule has 2 N–H and O–H groups in total. The standard InChI is InChI=1S/C17H17ClN2O/c18-14-9-4-8-13(16(14)19)17(21)20-11-5-10-15(20)12-6-2-1-3-7-12/h1-4,6-9,15H,5,10-11,19H2. The molecule has 0 aliphatic carbocycles. The molecule has 1 aliphatic rings. The predicted octanol–water partition coefficient (Wildman–Crippen LogP) is 3.90. The minimum atomic E-state index is -0.0404. The number of likely N-dealkylation sites (tertiary alicyclic amines) is 1. The highest BCUT2D eigenvalue weighted by Crippen LogP contribution is 2.34. The van der Waals surface area contributed by atoms with Crippen LogP contribution in [0.2, 0.25) is 5.02 Å². The summed E-state index contributed by atoms with van der Waals surface area (Å²) in [6.45, 7) is 0.754. The molecule has 3 nitrogen and oxygen atoms in total. The second-order valence-electron chi connectivity index (χ2n) is 5.27. The van der Waals surface area contributed by atoms with Gasteiger partial charge in [-0.1, -0.05) is 48.0 Å². The van der Waals surface area contributed by atoms with Crippen molar-refractivity contribution in [3.8, 4) is 0 Å². The van der Waals surface area contributed by atoms with Crippen molar-refractivity contribution in [2.45, 2.75) is 18.9 Å². The molecule has 1 fully saturated rings. The summed E-state index contributed by atoms with van der Waals surface area (Å²) in [7, 11) is 0. The van der Waals surface area contributed by atoms with Gasteiger partial charge in [0.1, 0.15) is 0 Å². The summed E-state index contributed by atoms with van der Waals surface area (Å²) in [6.07, 6.45) is 1.99. The molecule has 1 unspecified atom stereocenters. The van der Waals surface area contributed by atoms with Gasteiger partial charge in [0.15, 0.2) is 0 Å². The first kappa shape index (κ1) is 14.0. The highest BCUT2D eigenvalue weighted by molar-refractivity contribution is 6.33. The number of nitrogens with two attached hydrogens (primary N) is 1. The summed E-state index contributed by atoms with van der Waals surface area (Å²) >= 11 is 6.02. The zero-order chi connectivity index (χ0) is 14.8.